The third-order valence-electron chi connectivity index (χ3n) is 7.82. The summed E-state index contributed by atoms with van der Waals surface area (Å²) in [4.78, 5) is 30.6. The number of nitrogens with zero attached hydrogens (tertiary/aromatic N) is 2. The summed E-state index contributed by atoms with van der Waals surface area (Å²) in [6.45, 7) is 0. The first-order valence-electron chi connectivity index (χ1n) is 11.7. The van der Waals surface area contributed by atoms with E-state index in [1.807, 2.05) is 48.7 Å². The van der Waals surface area contributed by atoms with Crippen molar-refractivity contribution in [3.63, 3.8) is 0 Å². The van der Waals surface area contributed by atoms with Crippen LogP contribution in [0.3, 0.4) is 0 Å². The van der Waals surface area contributed by atoms with Gasteiger partial charge in [0.1, 0.15) is 0 Å². The summed E-state index contributed by atoms with van der Waals surface area (Å²) in [6, 6.07) is 13.4. The molecule has 0 aliphatic heterocycles. The van der Waals surface area contributed by atoms with Crippen molar-refractivity contribution in [2.75, 3.05) is 5.32 Å². The molecule has 1 unspecified atom stereocenters. The summed E-state index contributed by atoms with van der Waals surface area (Å²) < 4.78 is 2.76. The number of nitrogens with one attached hydrogen (secondary N) is 1. The van der Waals surface area contributed by atoms with Crippen LogP contribution >= 0.6 is 0 Å². The number of fused-ring (bicyclic) bond motifs is 1. The number of anilines is 1. The van der Waals surface area contributed by atoms with Crippen LogP contribution in [-0.4, -0.2) is 30.4 Å². The van der Waals surface area contributed by atoms with E-state index in [1.54, 1.807) is 9.68 Å². The molecule has 1 amide bonds. The summed E-state index contributed by atoms with van der Waals surface area (Å²) in [5.74, 6) is 2.62. The van der Waals surface area contributed by atoms with Crippen molar-refractivity contribution in [2.45, 2.75) is 44.9 Å². The van der Waals surface area contributed by atoms with E-state index in [0.29, 0.717) is 11.8 Å². The van der Waals surface area contributed by atoms with E-state index in [2.05, 4.69) is 10.3 Å². The Hall–Kier alpha value is -2.39. The Labute approximate surface area is 194 Å². The molecule has 1 N–H and O–H groups in total. The maximum atomic E-state index is 13.1. The molecule has 0 saturated heterocycles. The molecular formula is C26H28AsN3O2. The molecule has 2 heterocycles. The number of rotatable bonds is 5. The zero-order valence-corrected chi connectivity index (χ0v) is 20.2. The van der Waals surface area contributed by atoms with Gasteiger partial charge in [-0.2, -0.15) is 0 Å². The van der Waals surface area contributed by atoms with Gasteiger partial charge in [-0.25, -0.2) is 0 Å². The molecule has 6 heteroatoms. The van der Waals surface area contributed by atoms with E-state index in [-0.39, 0.29) is 16.9 Å². The van der Waals surface area contributed by atoms with Crippen molar-refractivity contribution in [3.8, 4) is 0 Å². The first-order chi connectivity index (χ1) is 15.6. The monoisotopic (exact) mass is 489 g/mol. The van der Waals surface area contributed by atoms with Crippen molar-refractivity contribution in [3.05, 3.63) is 65.2 Å². The summed E-state index contributed by atoms with van der Waals surface area (Å²) >= 11 is -0.865. The molecule has 3 aromatic rings. The van der Waals surface area contributed by atoms with Gasteiger partial charge in [0.25, 0.3) is 0 Å². The van der Waals surface area contributed by atoms with Crippen molar-refractivity contribution in [1.82, 2.24) is 8.47 Å². The Morgan fingerprint density at radius 3 is 2.44 bits per heavy atom. The van der Waals surface area contributed by atoms with Crippen LogP contribution in [0.4, 0.5) is 5.69 Å². The number of hydrogen-bond donors (Lipinski definition) is 1. The molecule has 4 fully saturated rings. The normalized spacial score (nSPS) is 28.6. The topological polar surface area (TPSA) is 64.0 Å². The van der Waals surface area contributed by atoms with Crippen LogP contribution in [0.5, 0.6) is 0 Å². The molecule has 1 atom stereocenters. The van der Waals surface area contributed by atoms with Crippen LogP contribution < -0.4 is 15.4 Å². The Morgan fingerprint density at radius 1 is 1.00 bits per heavy atom. The fourth-order valence-electron chi connectivity index (χ4n) is 7.07. The van der Waals surface area contributed by atoms with E-state index in [9.17, 15) is 9.59 Å². The van der Waals surface area contributed by atoms with Gasteiger partial charge in [-0.1, -0.05) is 0 Å². The number of amides is 1. The Kier molecular flexibility index (Phi) is 4.98. The predicted molar refractivity (Wildman–Crippen MR) is 128 cm³/mol. The summed E-state index contributed by atoms with van der Waals surface area (Å²) in [7, 11) is 0. The molecule has 7 rings (SSSR count). The first-order valence-corrected chi connectivity index (χ1v) is 13.7. The number of carbonyl (C=O) groups is 1. The van der Waals surface area contributed by atoms with Gasteiger partial charge in [0.05, 0.1) is 0 Å². The van der Waals surface area contributed by atoms with Crippen LogP contribution in [0, 0.1) is 23.2 Å². The molecule has 0 spiro atoms. The van der Waals surface area contributed by atoms with E-state index in [4.69, 9.17) is 0 Å². The fraction of sp³-hybridized carbons (Fsp3) is 0.423. The van der Waals surface area contributed by atoms with Crippen LogP contribution in [0.1, 0.15) is 44.9 Å². The second-order valence-electron chi connectivity index (χ2n) is 10.2. The van der Waals surface area contributed by atoms with Gasteiger partial charge in [0.2, 0.25) is 0 Å². The van der Waals surface area contributed by atoms with Gasteiger partial charge >= 0.3 is 195 Å². The second kappa shape index (κ2) is 7.88. The molecule has 5 nitrogen and oxygen atoms in total. The van der Waals surface area contributed by atoms with Gasteiger partial charge in [0, 0.05) is 0 Å². The summed E-state index contributed by atoms with van der Waals surface area (Å²) in [6.07, 6.45) is 12.1. The molecule has 4 aliphatic carbocycles. The minimum atomic E-state index is -0.865. The molecule has 4 saturated carbocycles. The molecule has 32 heavy (non-hydrogen) atoms. The molecule has 2 aromatic heterocycles. The van der Waals surface area contributed by atoms with Gasteiger partial charge < -0.3 is 0 Å². The number of pyridine rings is 2. The van der Waals surface area contributed by atoms with Gasteiger partial charge in [0.15, 0.2) is 0 Å². The summed E-state index contributed by atoms with van der Waals surface area (Å²) in [5.41, 5.74) is 0.953. The van der Waals surface area contributed by atoms with Crippen LogP contribution in [-0.2, 0) is 4.79 Å². The molecule has 164 valence electrons. The zero-order chi connectivity index (χ0) is 21.7. The van der Waals surface area contributed by atoms with Crippen molar-refractivity contribution in [2.24, 2.45) is 23.2 Å². The van der Waals surface area contributed by atoms with Crippen LogP contribution in [0.2, 0.25) is 0 Å². The van der Waals surface area contributed by atoms with Gasteiger partial charge in [-0.3, -0.25) is 0 Å². The molecular weight excluding hydrogens is 461 g/mol. The quantitative estimate of drug-likeness (QED) is 0.559. The van der Waals surface area contributed by atoms with Crippen molar-refractivity contribution >= 4 is 42.8 Å². The fourth-order valence-corrected chi connectivity index (χ4v) is 9.00. The molecule has 1 aromatic carbocycles. The number of carbonyl (C=O) groups excluding carboxylic acids is 1. The van der Waals surface area contributed by atoms with Gasteiger partial charge in [-0.15, -0.1) is 0 Å². The van der Waals surface area contributed by atoms with E-state index >= 15 is 0 Å². The zero-order valence-electron chi connectivity index (χ0n) is 18.1. The second-order valence-corrected chi connectivity index (χ2v) is 12.8. The number of hydrogen-bond acceptors (Lipinski definition) is 3. The molecule has 4 aliphatic rings. The van der Waals surface area contributed by atoms with Crippen molar-refractivity contribution < 1.29 is 4.79 Å². The Morgan fingerprint density at radius 2 is 1.75 bits per heavy atom. The van der Waals surface area contributed by atoms with E-state index < -0.39 is 16.0 Å². The van der Waals surface area contributed by atoms with Crippen LogP contribution in [0.15, 0.2) is 59.7 Å². The third-order valence-corrected chi connectivity index (χ3v) is 10.2. The number of benzene rings is 1. The SMILES string of the molecule is O=C(CC12CC3CC(CC(C3)C1)C2)Nc1cccc2c(=O)n([AsH]c3ccccn3)ccc12. The van der Waals surface area contributed by atoms with E-state index in [0.717, 1.165) is 33.3 Å². The first kappa shape index (κ1) is 20.2. The summed E-state index contributed by atoms with van der Waals surface area (Å²) in [5, 5.41) is 4.64. The van der Waals surface area contributed by atoms with E-state index in [1.165, 1.54) is 38.5 Å². The minimum absolute atomic E-state index is 0.00895. The van der Waals surface area contributed by atoms with Crippen molar-refractivity contribution in [1.29, 1.82) is 0 Å². The van der Waals surface area contributed by atoms with Crippen LogP contribution in [0.25, 0.3) is 10.8 Å². The average Bonchev–Trinajstić information content (AvgIpc) is 2.75. The molecule has 0 radical (unpaired) electrons. The Bertz CT molecular complexity index is 1200. The molecule has 4 bridgehead atoms. The standard InChI is InChI=1S/C26H28AsN3O2/c31-24(16-26-13-17-10-18(14-26)12-19(11-17)15-26)29-22-5-3-4-21-20(22)7-9-30(25(21)32)27-23-6-1-2-8-28-23/h1-9,17-19,27H,10-16H2,(H,29,31). The average molecular weight is 489 g/mol. The Balaban J connectivity index is 1.23. The predicted octanol–water partition coefficient (Wildman–Crippen LogP) is 3.47. The van der Waals surface area contributed by atoms with Gasteiger partial charge in [-0.05, 0) is 0 Å². The maximum absolute atomic E-state index is 13.1. The number of aromatic nitrogens is 2. The third kappa shape index (κ3) is 3.71.